The van der Waals surface area contributed by atoms with Crippen LogP contribution < -0.4 is 10.1 Å². The van der Waals surface area contributed by atoms with Crippen LogP contribution in [0, 0.1) is 0 Å². The molecule has 0 aromatic carbocycles. The van der Waals surface area contributed by atoms with Crippen molar-refractivity contribution in [1.82, 2.24) is 19.7 Å². The molecule has 2 N–H and O–H groups in total. The third-order valence-corrected chi connectivity index (χ3v) is 4.06. The molecule has 0 radical (unpaired) electrons. The van der Waals surface area contributed by atoms with E-state index >= 15 is 0 Å². The first kappa shape index (κ1) is 21.4. The first-order chi connectivity index (χ1) is 15.0. The number of carbonyl (C=O) groups is 1. The number of hydrogen-bond donors (Lipinski definition) is 2. The molecule has 0 bridgehead atoms. The summed E-state index contributed by atoms with van der Waals surface area (Å²) in [7, 11) is 3.41. The van der Waals surface area contributed by atoms with Gasteiger partial charge in [-0.2, -0.15) is 5.10 Å². The summed E-state index contributed by atoms with van der Waals surface area (Å²) in [6.45, 7) is 1.67. The number of aromatic nitrogens is 4. The van der Waals surface area contributed by atoms with E-state index in [-0.39, 0.29) is 11.4 Å². The molecule has 0 aliphatic rings. The standard InChI is InChI=1S/C21H21N7O3/c1-14(22-2)24-9-16(13-29)21(30)27-20-5-4-18(11-25-20)31-17-6-7-23-19(8-17)15-10-26-28(3)12-15/h4-13,29H,1-3H3,(H,25,27,30). The number of rotatable bonds is 6. The van der Waals surface area contributed by atoms with Crippen LogP contribution >= 0.6 is 0 Å². The largest absolute Gasteiger partial charge is 0.515 e. The second-order valence-electron chi connectivity index (χ2n) is 6.33. The molecule has 3 rings (SSSR count). The van der Waals surface area contributed by atoms with E-state index in [2.05, 4.69) is 30.4 Å². The Kier molecular flexibility index (Phi) is 6.84. The topological polar surface area (TPSA) is 127 Å². The van der Waals surface area contributed by atoms with Gasteiger partial charge in [-0.05, 0) is 25.1 Å². The van der Waals surface area contributed by atoms with Gasteiger partial charge >= 0.3 is 0 Å². The number of hydrogen-bond acceptors (Lipinski definition) is 7. The van der Waals surface area contributed by atoms with Gasteiger partial charge in [-0.3, -0.25) is 19.5 Å². The first-order valence-corrected chi connectivity index (χ1v) is 9.20. The SMILES string of the molecule is CN=C(C)N=CC(=CO)C(=O)Nc1ccc(Oc2ccnc(-c3cnn(C)c3)c2)cn1. The number of aliphatic hydroxyl groups excluding tert-OH is 1. The molecule has 0 saturated heterocycles. The lowest BCUT2D eigenvalue weighted by Crippen LogP contribution is -2.16. The predicted octanol–water partition coefficient (Wildman–Crippen LogP) is 3.17. The Balaban J connectivity index is 1.65. The number of amides is 1. The fraction of sp³-hybridized carbons (Fsp3) is 0.143. The van der Waals surface area contributed by atoms with Crippen LogP contribution in [0.25, 0.3) is 11.3 Å². The number of nitrogens with zero attached hydrogens (tertiary/aromatic N) is 6. The number of nitrogens with one attached hydrogen (secondary N) is 1. The van der Waals surface area contributed by atoms with Gasteiger partial charge < -0.3 is 15.2 Å². The van der Waals surface area contributed by atoms with Crippen molar-refractivity contribution in [3.05, 3.63) is 60.9 Å². The summed E-state index contributed by atoms with van der Waals surface area (Å²) in [5.41, 5.74) is 1.57. The van der Waals surface area contributed by atoms with Gasteiger partial charge in [0.1, 0.15) is 23.2 Å². The summed E-state index contributed by atoms with van der Waals surface area (Å²) in [6.07, 6.45) is 8.60. The maximum atomic E-state index is 12.2. The van der Waals surface area contributed by atoms with Crippen LogP contribution in [-0.4, -0.2) is 49.9 Å². The molecule has 0 saturated carbocycles. The fourth-order valence-electron chi connectivity index (χ4n) is 2.40. The number of amidine groups is 1. The van der Waals surface area contributed by atoms with Gasteiger partial charge in [0, 0.05) is 44.3 Å². The molecular formula is C21H21N7O3. The molecule has 0 unspecified atom stereocenters. The number of anilines is 1. The minimum Gasteiger partial charge on any atom is -0.515 e. The number of aliphatic hydroxyl groups is 1. The molecule has 0 spiro atoms. The van der Waals surface area contributed by atoms with Crippen molar-refractivity contribution >= 4 is 23.8 Å². The maximum Gasteiger partial charge on any atom is 0.261 e. The Labute approximate surface area is 178 Å². The van der Waals surface area contributed by atoms with E-state index in [1.54, 1.807) is 55.3 Å². The Hall–Kier alpha value is -4.34. The Morgan fingerprint density at radius 3 is 2.71 bits per heavy atom. The fourth-order valence-corrected chi connectivity index (χ4v) is 2.40. The van der Waals surface area contributed by atoms with Crippen molar-refractivity contribution in [3.8, 4) is 22.8 Å². The summed E-state index contributed by atoms with van der Waals surface area (Å²) in [6, 6.07) is 6.78. The van der Waals surface area contributed by atoms with Gasteiger partial charge in [0.2, 0.25) is 0 Å². The molecule has 0 atom stereocenters. The molecule has 10 heteroatoms. The number of carbonyl (C=O) groups excluding carboxylic acids is 1. The van der Waals surface area contributed by atoms with E-state index in [0.29, 0.717) is 23.6 Å². The van der Waals surface area contributed by atoms with E-state index in [4.69, 9.17) is 4.74 Å². The van der Waals surface area contributed by atoms with Gasteiger partial charge in [0.25, 0.3) is 5.91 Å². The molecule has 1 amide bonds. The smallest absolute Gasteiger partial charge is 0.261 e. The minimum atomic E-state index is -0.563. The van der Waals surface area contributed by atoms with Crippen LogP contribution in [0.1, 0.15) is 6.92 Å². The molecule has 0 aliphatic heterocycles. The number of pyridine rings is 2. The highest BCUT2D eigenvalue weighted by atomic mass is 16.5. The van der Waals surface area contributed by atoms with Crippen LogP contribution in [-0.2, 0) is 11.8 Å². The zero-order chi connectivity index (χ0) is 22.2. The zero-order valence-corrected chi connectivity index (χ0v) is 17.2. The lowest BCUT2D eigenvalue weighted by Gasteiger charge is -2.08. The van der Waals surface area contributed by atoms with E-state index in [9.17, 15) is 9.90 Å². The average molecular weight is 419 g/mol. The molecule has 3 aromatic heterocycles. The highest BCUT2D eigenvalue weighted by Crippen LogP contribution is 2.25. The van der Waals surface area contributed by atoms with Crippen molar-refractivity contribution in [3.63, 3.8) is 0 Å². The molecule has 3 heterocycles. The quantitative estimate of drug-likeness (QED) is 0.273. The predicted molar refractivity (Wildman–Crippen MR) is 118 cm³/mol. The van der Waals surface area contributed by atoms with Crippen LogP contribution in [0.3, 0.4) is 0 Å². The maximum absolute atomic E-state index is 12.2. The number of aryl methyl sites for hydroxylation is 1. The summed E-state index contributed by atoms with van der Waals surface area (Å²) in [5, 5.41) is 16.0. The molecule has 0 fully saturated rings. The lowest BCUT2D eigenvalue weighted by atomic mass is 10.2. The first-order valence-electron chi connectivity index (χ1n) is 9.20. The normalized spacial score (nSPS) is 12.2. The van der Waals surface area contributed by atoms with Crippen molar-refractivity contribution in [1.29, 1.82) is 0 Å². The molecular weight excluding hydrogens is 398 g/mol. The summed E-state index contributed by atoms with van der Waals surface area (Å²) in [4.78, 5) is 28.5. The molecule has 3 aromatic rings. The molecule has 158 valence electrons. The Morgan fingerprint density at radius 2 is 2.06 bits per heavy atom. The summed E-state index contributed by atoms with van der Waals surface area (Å²) < 4.78 is 7.52. The summed E-state index contributed by atoms with van der Waals surface area (Å²) >= 11 is 0. The molecule has 0 aliphatic carbocycles. The lowest BCUT2D eigenvalue weighted by molar-refractivity contribution is -0.112. The monoisotopic (exact) mass is 419 g/mol. The van der Waals surface area contributed by atoms with E-state index in [0.717, 1.165) is 11.3 Å². The van der Waals surface area contributed by atoms with Crippen LogP contribution in [0.2, 0.25) is 0 Å². The average Bonchev–Trinajstić information content (AvgIpc) is 3.22. The molecule has 31 heavy (non-hydrogen) atoms. The Morgan fingerprint density at radius 1 is 1.23 bits per heavy atom. The van der Waals surface area contributed by atoms with Crippen molar-refractivity contribution in [2.45, 2.75) is 6.92 Å². The van der Waals surface area contributed by atoms with E-state index < -0.39 is 5.91 Å². The molecule has 10 nitrogen and oxygen atoms in total. The highest BCUT2D eigenvalue weighted by Gasteiger charge is 2.10. The third kappa shape index (κ3) is 5.82. The van der Waals surface area contributed by atoms with Crippen LogP contribution in [0.5, 0.6) is 11.5 Å². The Bertz CT molecular complexity index is 1150. The van der Waals surface area contributed by atoms with Crippen molar-refractivity contribution in [2.75, 3.05) is 12.4 Å². The van der Waals surface area contributed by atoms with Crippen molar-refractivity contribution < 1.29 is 14.6 Å². The summed E-state index contributed by atoms with van der Waals surface area (Å²) in [5.74, 6) is 1.26. The van der Waals surface area contributed by atoms with Gasteiger partial charge in [0.05, 0.1) is 29.9 Å². The van der Waals surface area contributed by atoms with Gasteiger partial charge in [-0.1, -0.05) is 0 Å². The van der Waals surface area contributed by atoms with Crippen LogP contribution in [0.4, 0.5) is 5.82 Å². The minimum absolute atomic E-state index is 0.0372. The van der Waals surface area contributed by atoms with E-state index in [1.807, 2.05) is 13.2 Å². The second kappa shape index (κ2) is 9.92. The van der Waals surface area contributed by atoms with Gasteiger partial charge in [0.15, 0.2) is 0 Å². The zero-order valence-electron chi connectivity index (χ0n) is 17.2. The number of ether oxygens (including phenoxy) is 1. The van der Waals surface area contributed by atoms with E-state index in [1.165, 1.54) is 12.4 Å². The second-order valence-corrected chi connectivity index (χ2v) is 6.33. The van der Waals surface area contributed by atoms with Crippen molar-refractivity contribution in [2.24, 2.45) is 17.0 Å². The van der Waals surface area contributed by atoms with Gasteiger partial charge in [-0.25, -0.2) is 9.98 Å². The highest BCUT2D eigenvalue weighted by molar-refractivity contribution is 6.18. The third-order valence-electron chi connectivity index (χ3n) is 4.06. The van der Waals surface area contributed by atoms with Gasteiger partial charge in [-0.15, -0.1) is 0 Å². The number of aliphatic imine (C=N–C) groups is 2. The van der Waals surface area contributed by atoms with Crippen LogP contribution in [0.15, 0.2) is 70.9 Å².